The monoisotopic (exact) mass is 268 g/mol. The first-order chi connectivity index (χ1) is 7.12. The fourth-order valence-corrected chi connectivity index (χ4v) is 2.39. The molecule has 0 amide bonds. The van der Waals surface area contributed by atoms with Gasteiger partial charge in [0.25, 0.3) is 0 Å². The summed E-state index contributed by atoms with van der Waals surface area (Å²) in [6, 6.07) is 8.63. The molecule has 0 radical (unpaired) electrons. The molecule has 1 unspecified atom stereocenters. The molecule has 0 saturated heterocycles. The van der Waals surface area contributed by atoms with E-state index in [2.05, 4.69) is 40.2 Å². The molecule has 1 aromatic carbocycles. The number of aliphatic hydroxyl groups excluding tert-OH is 1. The van der Waals surface area contributed by atoms with Crippen LogP contribution >= 0.6 is 15.9 Å². The van der Waals surface area contributed by atoms with Crippen LogP contribution in [0.15, 0.2) is 28.7 Å². The molecule has 0 aromatic heterocycles. The van der Waals surface area contributed by atoms with Crippen molar-refractivity contribution in [1.29, 1.82) is 0 Å². The minimum absolute atomic E-state index is 0.169. The number of halogens is 1. The zero-order valence-electron chi connectivity index (χ0n) is 9.04. The highest BCUT2D eigenvalue weighted by Crippen LogP contribution is 2.52. The summed E-state index contributed by atoms with van der Waals surface area (Å²) >= 11 is 3.45. The van der Waals surface area contributed by atoms with Crippen LogP contribution in [-0.2, 0) is 5.41 Å². The lowest BCUT2D eigenvalue weighted by Crippen LogP contribution is -2.10. The molecule has 2 heteroatoms. The van der Waals surface area contributed by atoms with Crippen LogP contribution in [0.3, 0.4) is 0 Å². The standard InChI is InChI=1S/C13H17BrO/c1-10(15)6-7-13(8-9-13)11-2-4-12(14)5-3-11/h2-5,10,15H,6-9H2,1H3. The second-order valence-corrected chi connectivity index (χ2v) is 5.59. The van der Waals surface area contributed by atoms with Crippen molar-refractivity contribution in [1.82, 2.24) is 0 Å². The largest absolute Gasteiger partial charge is 0.393 e. The van der Waals surface area contributed by atoms with E-state index in [4.69, 9.17) is 0 Å². The molecule has 15 heavy (non-hydrogen) atoms. The van der Waals surface area contributed by atoms with Crippen molar-refractivity contribution in [2.75, 3.05) is 0 Å². The summed E-state index contributed by atoms with van der Waals surface area (Å²) in [5.74, 6) is 0. The Morgan fingerprint density at radius 1 is 1.33 bits per heavy atom. The van der Waals surface area contributed by atoms with Crippen LogP contribution in [0.5, 0.6) is 0 Å². The highest BCUT2D eigenvalue weighted by molar-refractivity contribution is 9.10. The Kier molecular flexibility index (Phi) is 3.17. The van der Waals surface area contributed by atoms with Crippen LogP contribution in [0.4, 0.5) is 0 Å². The molecule has 1 fully saturated rings. The van der Waals surface area contributed by atoms with Crippen molar-refractivity contribution in [3.05, 3.63) is 34.3 Å². The molecule has 82 valence electrons. The van der Waals surface area contributed by atoms with Crippen molar-refractivity contribution in [3.8, 4) is 0 Å². The van der Waals surface area contributed by atoms with Gasteiger partial charge >= 0.3 is 0 Å². The quantitative estimate of drug-likeness (QED) is 0.884. The molecule has 0 spiro atoms. The van der Waals surface area contributed by atoms with Crippen LogP contribution in [0.1, 0.15) is 38.2 Å². The third kappa shape index (κ3) is 2.61. The van der Waals surface area contributed by atoms with Gasteiger partial charge in [0, 0.05) is 4.47 Å². The van der Waals surface area contributed by atoms with Gasteiger partial charge in [0.15, 0.2) is 0 Å². The molecular weight excluding hydrogens is 252 g/mol. The van der Waals surface area contributed by atoms with Crippen LogP contribution in [0, 0.1) is 0 Å². The van der Waals surface area contributed by atoms with Crippen LogP contribution < -0.4 is 0 Å². The predicted molar refractivity (Wildman–Crippen MR) is 66.0 cm³/mol. The normalized spacial score (nSPS) is 19.9. The SMILES string of the molecule is CC(O)CCC1(c2ccc(Br)cc2)CC1. The van der Waals surface area contributed by atoms with E-state index in [0.29, 0.717) is 5.41 Å². The molecule has 1 aliphatic carbocycles. The van der Waals surface area contributed by atoms with Crippen molar-refractivity contribution in [2.45, 2.75) is 44.1 Å². The van der Waals surface area contributed by atoms with Gasteiger partial charge in [0.2, 0.25) is 0 Å². The zero-order chi connectivity index (χ0) is 10.9. The Morgan fingerprint density at radius 2 is 1.93 bits per heavy atom. The van der Waals surface area contributed by atoms with E-state index in [9.17, 15) is 5.11 Å². The average molecular weight is 269 g/mol. The summed E-state index contributed by atoms with van der Waals surface area (Å²) in [5.41, 5.74) is 1.82. The number of hydrogen-bond donors (Lipinski definition) is 1. The maximum Gasteiger partial charge on any atom is 0.0512 e. The lowest BCUT2D eigenvalue weighted by atomic mass is 9.90. The molecule has 0 bridgehead atoms. The van der Waals surface area contributed by atoms with Gasteiger partial charge in [0.05, 0.1) is 6.10 Å². The number of aliphatic hydroxyl groups is 1. The summed E-state index contributed by atoms with van der Waals surface area (Å²) in [6.45, 7) is 1.87. The van der Waals surface area contributed by atoms with Gasteiger partial charge in [-0.1, -0.05) is 28.1 Å². The second kappa shape index (κ2) is 4.26. The zero-order valence-corrected chi connectivity index (χ0v) is 10.6. The molecule has 1 saturated carbocycles. The van der Waals surface area contributed by atoms with E-state index < -0.39 is 0 Å². The summed E-state index contributed by atoms with van der Waals surface area (Å²) in [4.78, 5) is 0. The molecule has 2 rings (SSSR count). The van der Waals surface area contributed by atoms with Crippen LogP contribution in [0.25, 0.3) is 0 Å². The Hall–Kier alpha value is -0.340. The van der Waals surface area contributed by atoms with E-state index in [1.807, 2.05) is 6.92 Å². The first-order valence-corrected chi connectivity index (χ1v) is 6.36. The highest BCUT2D eigenvalue weighted by atomic mass is 79.9. The molecule has 1 aliphatic rings. The fraction of sp³-hybridized carbons (Fsp3) is 0.538. The maximum atomic E-state index is 9.33. The predicted octanol–water partition coefficient (Wildman–Crippen LogP) is 3.64. The maximum absolute atomic E-state index is 9.33. The van der Waals surface area contributed by atoms with Gasteiger partial charge in [-0.3, -0.25) is 0 Å². The van der Waals surface area contributed by atoms with Gasteiger partial charge in [0.1, 0.15) is 0 Å². The first-order valence-electron chi connectivity index (χ1n) is 5.56. The minimum atomic E-state index is -0.169. The van der Waals surface area contributed by atoms with Crippen molar-refractivity contribution in [2.24, 2.45) is 0 Å². The Labute approximate surface area is 99.6 Å². The molecular formula is C13H17BrO. The number of hydrogen-bond acceptors (Lipinski definition) is 1. The Morgan fingerprint density at radius 3 is 2.40 bits per heavy atom. The fourth-order valence-electron chi connectivity index (χ4n) is 2.12. The van der Waals surface area contributed by atoms with E-state index in [0.717, 1.165) is 17.3 Å². The summed E-state index contributed by atoms with van der Waals surface area (Å²) < 4.78 is 1.14. The van der Waals surface area contributed by atoms with Gasteiger partial charge < -0.3 is 5.11 Å². The average Bonchev–Trinajstić information content (AvgIpc) is 2.97. The molecule has 1 N–H and O–H groups in total. The van der Waals surface area contributed by atoms with E-state index in [1.165, 1.54) is 18.4 Å². The first kappa shape index (κ1) is 11.2. The van der Waals surface area contributed by atoms with E-state index in [-0.39, 0.29) is 6.10 Å². The van der Waals surface area contributed by atoms with E-state index in [1.54, 1.807) is 0 Å². The number of benzene rings is 1. The summed E-state index contributed by atoms with van der Waals surface area (Å²) in [7, 11) is 0. The van der Waals surface area contributed by atoms with Gasteiger partial charge in [-0.15, -0.1) is 0 Å². The van der Waals surface area contributed by atoms with Crippen molar-refractivity contribution in [3.63, 3.8) is 0 Å². The smallest absolute Gasteiger partial charge is 0.0512 e. The summed E-state index contributed by atoms with van der Waals surface area (Å²) in [6.07, 6.45) is 4.42. The van der Waals surface area contributed by atoms with Crippen molar-refractivity contribution >= 4 is 15.9 Å². The lowest BCUT2D eigenvalue weighted by Gasteiger charge is -2.16. The highest BCUT2D eigenvalue weighted by Gasteiger charge is 2.43. The molecule has 0 heterocycles. The van der Waals surface area contributed by atoms with Crippen LogP contribution in [0.2, 0.25) is 0 Å². The lowest BCUT2D eigenvalue weighted by molar-refractivity contribution is 0.177. The topological polar surface area (TPSA) is 20.2 Å². The van der Waals surface area contributed by atoms with Crippen LogP contribution in [-0.4, -0.2) is 11.2 Å². The summed E-state index contributed by atoms with van der Waals surface area (Å²) in [5, 5.41) is 9.33. The second-order valence-electron chi connectivity index (χ2n) is 4.67. The molecule has 0 aliphatic heterocycles. The Balaban J connectivity index is 2.06. The number of rotatable bonds is 4. The van der Waals surface area contributed by atoms with Gasteiger partial charge in [-0.2, -0.15) is 0 Å². The molecule has 1 aromatic rings. The molecule has 1 atom stereocenters. The third-order valence-electron chi connectivity index (χ3n) is 3.35. The minimum Gasteiger partial charge on any atom is -0.393 e. The third-order valence-corrected chi connectivity index (χ3v) is 3.88. The van der Waals surface area contributed by atoms with Gasteiger partial charge in [-0.25, -0.2) is 0 Å². The van der Waals surface area contributed by atoms with Crippen molar-refractivity contribution < 1.29 is 5.11 Å². The Bertz CT molecular complexity index is 325. The van der Waals surface area contributed by atoms with Gasteiger partial charge in [-0.05, 0) is 55.7 Å². The van der Waals surface area contributed by atoms with E-state index >= 15 is 0 Å². The molecule has 1 nitrogen and oxygen atoms in total.